The molecule has 1 heterocycles. The zero-order chi connectivity index (χ0) is 14.4. The van der Waals surface area contributed by atoms with E-state index >= 15 is 0 Å². The summed E-state index contributed by atoms with van der Waals surface area (Å²) in [4.78, 5) is 4.55. The van der Waals surface area contributed by atoms with Crippen LogP contribution in [0.25, 0.3) is 10.9 Å². The first kappa shape index (κ1) is 15.5. The fraction of sp³-hybridized carbons (Fsp3) is 0.357. The van der Waals surface area contributed by atoms with E-state index < -0.39 is 6.80 Å². The third kappa shape index (κ3) is 4.06. The molecular weight excluding hydrogens is 293 g/mol. The van der Waals surface area contributed by atoms with Crippen LogP contribution in [0.5, 0.6) is 0 Å². The number of aromatic nitrogens is 1. The summed E-state index contributed by atoms with van der Waals surface area (Å²) in [5, 5.41) is 1.10. The van der Waals surface area contributed by atoms with E-state index in [9.17, 15) is 4.57 Å². The summed E-state index contributed by atoms with van der Waals surface area (Å²) < 4.78 is 22.8. The average molecular weight is 311 g/mol. The SMILES string of the molecule is CCOP(=O)(OCC)SCc1ccc2ccccc2n1. The third-order valence-corrected chi connectivity index (χ3v) is 6.46. The predicted octanol–water partition coefficient (Wildman–Crippen LogP) is 4.65. The molecule has 20 heavy (non-hydrogen) atoms. The number of hydrogen-bond acceptors (Lipinski definition) is 5. The van der Waals surface area contributed by atoms with Gasteiger partial charge < -0.3 is 9.05 Å². The Morgan fingerprint density at radius 2 is 1.80 bits per heavy atom. The van der Waals surface area contributed by atoms with Gasteiger partial charge in [-0.05, 0) is 37.4 Å². The van der Waals surface area contributed by atoms with E-state index in [1.807, 2.05) is 36.4 Å². The molecule has 0 saturated heterocycles. The summed E-state index contributed by atoms with van der Waals surface area (Å²) in [5.41, 5.74) is 1.81. The monoisotopic (exact) mass is 311 g/mol. The van der Waals surface area contributed by atoms with Crippen molar-refractivity contribution in [2.24, 2.45) is 0 Å². The van der Waals surface area contributed by atoms with Gasteiger partial charge in [-0.25, -0.2) is 4.57 Å². The second-order valence-electron chi connectivity index (χ2n) is 4.05. The first-order valence-corrected chi connectivity index (χ1v) is 9.68. The minimum atomic E-state index is -3.07. The lowest BCUT2D eigenvalue weighted by atomic mass is 10.2. The van der Waals surface area contributed by atoms with Crippen LogP contribution in [0.2, 0.25) is 0 Å². The van der Waals surface area contributed by atoms with Gasteiger partial charge in [-0.3, -0.25) is 4.98 Å². The fourth-order valence-electron chi connectivity index (χ4n) is 1.76. The molecule has 2 aromatic rings. The molecule has 6 heteroatoms. The summed E-state index contributed by atoms with van der Waals surface area (Å²) in [6.45, 7) is 1.28. The molecule has 1 aromatic carbocycles. The molecule has 108 valence electrons. The van der Waals surface area contributed by atoms with E-state index in [4.69, 9.17) is 9.05 Å². The maximum atomic E-state index is 12.3. The zero-order valence-corrected chi connectivity index (χ0v) is 13.3. The number of pyridine rings is 1. The fourth-order valence-corrected chi connectivity index (χ4v) is 5.02. The number of hydrogen-bond donors (Lipinski definition) is 0. The van der Waals surface area contributed by atoms with Crippen LogP contribution in [0.4, 0.5) is 0 Å². The van der Waals surface area contributed by atoms with Gasteiger partial charge >= 0.3 is 6.80 Å². The van der Waals surface area contributed by atoms with Crippen LogP contribution in [-0.2, 0) is 19.4 Å². The van der Waals surface area contributed by atoms with Crippen molar-refractivity contribution >= 4 is 29.1 Å². The molecule has 2 rings (SSSR count). The quantitative estimate of drug-likeness (QED) is 0.697. The van der Waals surface area contributed by atoms with Crippen molar-refractivity contribution in [1.82, 2.24) is 4.98 Å². The van der Waals surface area contributed by atoms with Gasteiger partial charge in [0, 0.05) is 11.1 Å². The van der Waals surface area contributed by atoms with Crippen LogP contribution < -0.4 is 0 Å². The first-order chi connectivity index (χ1) is 9.67. The predicted molar refractivity (Wildman–Crippen MR) is 83.9 cm³/mol. The number of fused-ring (bicyclic) bond motifs is 1. The molecule has 0 spiro atoms. The van der Waals surface area contributed by atoms with E-state index in [1.54, 1.807) is 13.8 Å². The summed E-state index contributed by atoms with van der Waals surface area (Å²) in [7, 11) is 0. The number of benzene rings is 1. The van der Waals surface area contributed by atoms with Crippen LogP contribution in [0.1, 0.15) is 19.5 Å². The Labute approximate surface area is 123 Å². The molecule has 0 fully saturated rings. The average Bonchev–Trinajstić information content (AvgIpc) is 2.46. The van der Waals surface area contributed by atoms with Crippen LogP contribution in [0.3, 0.4) is 0 Å². The summed E-state index contributed by atoms with van der Waals surface area (Å²) in [5.74, 6) is 0.502. The van der Waals surface area contributed by atoms with E-state index in [0.717, 1.165) is 16.6 Å². The molecule has 0 radical (unpaired) electrons. The van der Waals surface area contributed by atoms with Crippen molar-refractivity contribution in [2.45, 2.75) is 19.6 Å². The highest BCUT2D eigenvalue weighted by Crippen LogP contribution is 2.61. The standard InChI is InChI=1S/C14H18NO3PS/c1-3-17-19(16,18-4-2)20-11-13-10-9-12-7-5-6-8-14(12)15-13/h5-10H,3-4,11H2,1-2H3. The summed E-state index contributed by atoms with van der Waals surface area (Å²) >= 11 is 1.18. The second kappa shape index (κ2) is 7.23. The Balaban J connectivity index is 2.09. The molecule has 0 unspecified atom stereocenters. The highest BCUT2D eigenvalue weighted by Gasteiger charge is 2.24. The second-order valence-corrected chi connectivity index (χ2v) is 8.13. The molecule has 0 saturated carbocycles. The van der Waals surface area contributed by atoms with E-state index in [1.165, 1.54) is 11.4 Å². The van der Waals surface area contributed by atoms with Gasteiger partial charge in [-0.15, -0.1) is 0 Å². The van der Waals surface area contributed by atoms with Gasteiger partial charge in [0.05, 0.1) is 24.4 Å². The van der Waals surface area contributed by atoms with E-state index in [0.29, 0.717) is 19.0 Å². The Kier molecular flexibility index (Phi) is 5.61. The third-order valence-electron chi connectivity index (χ3n) is 2.60. The summed E-state index contributed by atoms with van der Waals surface area (Å²) in [6.07, 6.45) is 0. The van der Waals surface area contributed by atoms with Crippen molar-refractivity contribution in [3.63, 3.8) is 0 Å². The van der Waals surface area contributed by atoms with Gasteiger partial charge in [-0.2, -0.15) is 0 Å². The van der Waals surface area contributed by atoms with Crippen molar-refractivity contribution in [2.75, 3.05) is 13.2 Å². The highest BCUT2D eigenvalue weighted by atomic mass is 32.7. The van der Waals surface area contributed by atoms with Crippen LogP contribution in [0.15, 0.2) is 36.4 Å². The lowest BCUT2D eigenvalue weighted by Crippen LogP contribution is -1.94. The Hall–Kier alpha value is -0.870. The Morgan fingerprint density at radius 1 is 1.10 bits per heavy atom. The number of rotatable bonds is 7. The largest absolute Gasteiger partial charge is 0.389 e. The van der Waals surface area contributed by atoms with Crippen molar-refractivity contribution in [3.8, 4) is 0 Å². The van der Waals surface area contributed by atoms with E-state index in [2.05, 4.69) is 4.98 Å². The van der Waals surface area contributed by atoms with E-state index in [-0.39, 0.29) is 0 Å². The molecule has 4 nitrogen and oxygen atoms in total. The maximum absolute atomic E-state index is 12.3. The minimum Gasteiger partial charge on any atom is -0.301 e. The lowest BCUT2D eigenvalue weighted by molar-refractivity contribution is 0.237. The van der Waals surface area contributed by atoms with Gasteiger partial charge in [0.1, 0.15) is 0 Å². The smallest absolute Gasteiger partial charge is 0.301 e. The molecule has 0 aliphatic carbocycles. The molecule has 0 N–H and O–H groups in total. The van der Waals surface area contributed by atoms with Gasteiger partial charge in [0.25, 0.3) is 0 Å². The van der Waals surface area contributed by atoms with Crippen molar-refractivity contribution in [3.05, 3.63) is 42.1 Å². The van der Waals surface area contributed by atoms with Crippen LogP contribution in [0, 0.1) is 0 Å². The number of nitrogens with zero attached hydrogens (tertiary/aromatic N) is 1. The van der Waals surface area contributed by atoms with Gasteiger partial charge in [-0.1, -0.05) is 24.3 Å². The minimum absolute atomic E-state index is 0.370. The molecule has 0 atom stereocenters. The van der Waals surface area contributed by atoms with Crippen molar-refractivity contribution in [1.29, 1.82) is 0 Å². The normalized spacial score (nSPS) is 11.9. The maximum Gasteiger partial charge on any atom is 0.389 e. The topological polar surface area (TPSA) is 48.4 Å². The van der Waals surface area contributed by atoms with Crippen LogP contribution >= 0.6 is 18.2 Å². The molecule has 0 bridgehead atoms. The summed E-state index contributed by atoms with van der Waals surface area (Å²) in [6, 6.07) is 11.9. The molecule has 0 amide bonds. The van der Waals surface area contributed by atoms with Gasteiger partial charge in [0.15, 0.2) is 0 Å². The first-order valence-electron chi connectivity index (χ1n) is 6.55. The Bertz CT molecular complexity index is 610. The lowest BCUT2D eigenvalue weighted by Gasteiger charge is -2.15. The molecule has 0 aliphatic heterocycles. The van der Waals surface area contributed by atoms with Crippen molar-refractivity contribution < 1.29 is 13.6 Å². The van der Waals surface area contributed by atoms with Gasteiger partial charge in [0.2, 0.25) is 0 Å². The van der Waals surface area contributed by atoms with Crippen LogP contribution in [-0.4, -0.2) is 18.2 Å². The number of para-hydroxylation sites is 1. The molecule has 0 aliphatic rings. The zero-order valence-electron chi connectivity index (χ0n) is 11.6. The molecular formula is C14H18NO3PS. The Morgan fingerprint density at radius 3 is 2.50 bits per heavy atom. The highest BCUT2D eigenvalue weighted by molar-refractivity contribution is 8.54. The molecule has 1 aromatic heterocycles.